The van der Waals surface area contributed by atoms with Crippen LogP contribution in [0.15, 0.2) is 70.9 Å². The summed E-state index contributed by atoms with van der Waals surface area (Å²) in [5.41, 5.74) is -2.15. The minimum atomic E-state index is -0.873. The average molecular weight is 462 g/mol. The lowest BCUT2D eigenvalue weighted by atomic mass is 10.2. The van der Waals surface area contributed by atoms with Crippen LogP contribution in [0.4, 0.5) is 10.2 Å². The first-order chi connectivity index (χ1) is 16.5. The maximum atomic E-state index is 14.2. The summed E-state index contributed by atoms with van der Waals surface area (Å²) >= 11 is 0. The van der Waals surface area contributed by atoms with Gasteiger partial charge in [0.05, 0.1) is 5.69 Å². The van der Waals surface area contributed by atoms with Crippen molar-refractivity contribution in [3.63, 3.8) is 0 Å². The normalized spacial score (nSPS) is 13.8. The number of piperazine rings is 1. The molecule has 1 amide bonds. The number of nitrogens with zero attached hydrogens (tertiary/aromatic N) is 7. The number of para-hydroxylation sites is 1. The molecule has 1 saturated heterocycles. The molecule has 11 nitrogen and oxygen atoms in total. The highest BCUT2D eigenvalue weighted by molar-refractivity contribution is 5.93. The predicted molar refractivity (Wildman–Crippen MR) is 120 cm³/mol. The molecule has 172 valence electrons. The zero-order chi connectivity index (χ0) is 23.7. The fourth-order valence-electron chi connectivity index (χ4n) is 3.81. The number of rotatable bonds is 4. The third kappa shape index (κ3) is 3.85. The Morgan fingerprint density at radius 1 is 0.971 bits per heavy atom. The number of halogens is 1. The molecular weight excluding hydrogens is 443 g/mol. The monoisotopic (exact) mass is 462 g/mol. The summed E-state index contributed by atoms with van der Waals surface area (Å²) in [6.45, 7) is 1.63. The van der Waals surface area contributed by atoms with Crippen molar-refractivity contribution in [1.82, 2.24) is 34.2 Å². The first-order valence-corrected chi connectivity index (χ1v) is 10.5. The highest BCUT2D eigenvalue weighted by Crippen LogP contribution is 2.15. The molecule has 1 fully saturated rings. The third-order valence-electron chi connectivity index (χ3n) is 5.60. The van der Waals surface area contributed by atoms with Crippen LogP contribution >= 0.6 is 0 Å². The fraction of sp³-hybridized carbons (Fsp3) is 0.182. The van der Waals surface area contributed by atoms with Crippen LogP contribution in [0.3, 0.4) is 0 Å². The molecule has 1 aliphatic rings. The summed E-state index contributed by atoms with van der Waals surface area (Å²) < 4.78 is 16.6. The van der Waals surface area contributed by atoms with Crippen molar-refractivity contribution in [2.24, 2.45) is 0 Å². The second kappa shape index (κ2) is 8.73. The number of carbonyl (C=O) groups excluding carboxylic acids is 1. The molecule has 5 rings (SSSR count). The van der Waals surface area contributed by atoms with Gasteiger partial charge in [0.1, 0.15) is 17.7 Å². The summed E-state index contributed by atoms with van der Waals surface area (Å²) in [6, 6.07) is 9.06. The smallest absolute Gasteiger partial charge is 0.333 e. The van der Waals surface area contributed by atoms with Gasteiger partial charge in [0.15, 0.2) is 11.6 Å². The van der Waals surface area contributed by atoms with Gasteiger partial charge in [-0.25, -0.2) is 18.7 Å². The van der Waals surface area contributed by atoms with Crippen molar-refractivity contribution in [3.8, 4) is 11.5 Å². The van der Waals surface area contributed by atoms with E-state index in [-0.39, 0.29) is 11.3 Å². The van der Waals surface area contributed by atoms with E-state index in [2.05, 4.69) is 20.2 Å². The van der Waals surface area contributed by atoms with Gasteiger partial charge in [-0.1, -0.05) is 12.1 Å². The Labute approximate surface area is 191 Å². The van der Waals surface area contributed by atoms with Crippen LogP contribution in [-0.4, -0.2) is 66.3 Å². The maximum absolute atomic E-state index is 14.2. The molecule has 0 spiro atoms. The zero-order valence-electron chi connectivity index (χ0n) is 17.8. The summed E-state index contributed by atoms with van der Waals surface area (Å²) in [5, 5.41) is 8.46. The number of benzene rings is 1. The molecule has 0 bridgehead atoms. The highest BCUT2D eigenvalue weighted by Gasteiger charge is 2.26. The molecule has 0 aliphatic carbocycles. The number of carbonyl (C=O) groups is 1. The van der Waals surface area contributed by atoms with Crippen LogP contribution < -0.4 is 16.1 Å². The molecule has 4 aromatic rings. The minimum Gasteiger partial charge on any atom is -0.352 e. The van der Waals surface area contributed by atoms with Gasteiger partial charge >= 0.3 is 5.69 Å². The topological polar surface area (TPSA) is 122 Å². The van der Waals surface area contributed by atoms with Crippen molar-refractivity contribution in [2.75, 3.05) is 31.1 Å². The number of hydrogen-bond donors (Lipinski definition) is 1. The van der Waals surface area contributed by atoms with Crippen LogP contribution in [0.25, 0.3) is 11.5 Å². The van der Waals surface area contributed by atoms with Crippen LogP contribution in [0, 0.1) is 5.82 Å². The van der Waals surface area contributed by atoms with Gasteiger partial charge in [0.2, 0.25) is 0 Å². The molecule has 0 atom stereocenters. The molecule has 12 heteroatoms. The average Bonchev–Trinajstić information content (AvgIpc) is 3.40. The molecule has 1 aliphatic heterocycles. The van der Waals surface area contributed by atoms with E-state index in [4.69, 9.17) is 0 Å². The predicted octanol–water partition coefficient (Wildman–Crippen LogP) is 0.603. The van der Waals surface area contributed by atoms with Gasteiger partial charge in [0.25, 0.3) is 11.5 Å². The number of aromatic nitrogens is 6. The van der Waals surface area contributed by atoms with Crippen molar-refractivity contribution >= 4 is 11.7 Å². The second-order valence-electron chi connectivity index (χ2n) is 7.60. The SMILES string of the molecule is O=C(c1c[nH]c(=O)n(-c2ccccc2F)c1=O)N1CCN(c2ccc(-n3ccnc3)nn2)CC1. The van der Waals surface area contributed by atoms with E-state index in [1.165, 1.54) is 23.1 Å². The van der Waals surface area contributed by atoms with Gasteiger partial charge in [-0.2, -0.15) is 0 Å². The fourth-order valence-corrected chi connectivity index (χ4v) is 3.81. The van der Waals surface area contributed by atoms with Crippen LogP contribution in [-0.2, 0) is 0 Å². The molecule has 1 aromatic carbocycles. The Kier molecular flexibility index (Phi) is 5.46. The van der Waals surface area contributed by atoms with Gasteiger partial charge in [-0.15, -0.1) is 10.2 Å². The van der Waals surface area contributed by atoms with E-state index in [0.717, 1.165) is 12.3 Å². The zero-order valence-corrected chi connectivity index (χ0v) is 17.8. The molecule has 1 N–H and O–H groups in total. The number of aromatic amines is 1. The van der Waals surface area contributed by atoms with E-state index in [9.17, 15) is 18.8 Å². The van der Waals surface area contributed by atoms with Crippen molar-refractivity contribution < 1.29 is 9.18 Å². The van der Waals surface area contributed by atoms with Crippen molar-refractivity contribution in [3.05, 3.63) is 93.5 Å². The Balaban J connectivity index is 1.32. The summed E-state index contributed by atoms with van der Waals surface area (Å²) in [5.74, 6) is 0.0298. The molecule has 0 unspecified atom stereocenters. The van der Waals surface area contributed by atoms with Gasteiger partial charge in [-0.3, -0.25) is 14.2 Å². The van der Waals surface area contributed by atoms with E-state index in [0.29, 0.717) is 42.4 Å². The Morgan fingerprint density at radius 3 is 2.38 bits per heavy atom. The van der Waals surface area contributed by atoms with E-state index in [1.54, 1.807) is 23.3 Å². The standard InChI is InChI=1S/C22H19FN8O3/c23-16-3-1-2-4-17(16)31-21(33)15(13-25-22(31)34)20(32)29-11-9-28(10-12-29)18-5-6-19(27-26-18)30-8-7-24-14-30/h1-8,13-14H,9-12H2,(H,25,34). The number of H-pyrrole nitrogens is 1. The first kappa shape index (κ1) is 21.2. The number of nitrogens with one attached hydrogen (secondary N) is 1. The highest BCUT2D eigenvalue weighted by atomic mass is 19.1. The molecular formula is C22H19FN8O3. The third-order valence-corrected chi connectivity index (χ3v) is 5.60. The van der Waals surface area contributed by atoms with Crippen LogP contribution in [0.2, 0.25) is 0 Å². The first-order valence-electron chi connectivity index (χ1n) is 10.5. The quantitative estimate of drug-likeness (QED) is 0.471. The van der Waals surface area contributed by atoms with E-state index in [1.807, 2.05) is 17.0 Å². The minimum absolute atomic E-state index is 0.217. The van der Waals surface area contributed by atoms with Crippen LogP contribution in [0.1, 0.15) is 10.4 Å². The summed E-state index contributed by atoms with van der Waals surface area (Å²) in [4.78, 5) is 48.1. The van der Waals surface area contributed by atoms with Crippen molar-refractivity contribution in [2.45, 2.75) is 0 Å². The maximum Gasteiger partial charge on any atom is 0.333 e. The molecule has 3 aromatic heterocycles. The number of anilines is 1. The Morgan fingerprint density at radius 2 is 1.71 bits per heavy atom. The van der Waals surface area contributed by atoms with Crippen molar-refractivity contribution in [1.29, 1.82) is 0 Å². The molecule has 4 heterocycles. The van der Waals surface area contributed by atoms with Gasteiger partial charge in [0, 0.05) is 44.8 Å². The van der Waals surface area contributed by atoms with E-state index >= 15 is 0 Å². The lowest BCUT2D eigenvalue weighted by Crippen LogP contribution is -2.50. The lowest BCUT2D eigenvalue weighted by Gasteiger charge is -2.35. The molecule has 34 heavy (non-hydrogen) atoms. The Hall–Kier alpha value is -4.61. The number of hydrogen-bond acceptors (Lipinski definition) is 7. The lowest BCUT2D eigenvalue weighted by molar-refractivity contribution is 0.0743. The number of amides is 1. The molecule has 0 saturated carbocycles. The Bertz CT molecular complexity index is 1440. The second-order valence-corrected chi connectivity index (χ2v) is 7.60. The summed E-state index contributed by atoms with van der Waals surface area (Å²) in [7, 11) is 0. The number of imidazole rings is 1. The molecule has 0 radical (unpaired) electrons. The van der Waals surface area contributed by atoms with E-state index < -0.39 is 23.0 Å². The van der Waals surface area contributed by atoms with Gasteiger partial charge < -0.3 is 14.8 Å². The van der Waals surface area contributed by atoms with Gasteiger partial charge in [-0.05, 0) is 24.3 Å². The largest absolute Gasteiger partial charge is 0.352 e. The summed E-state index contributed by atoms with van der Waals surface area (Å²) in [6.07, 6.45) is 6.13. The van der Waals surface area contributed by atoms with Crippen LogP contribution in [0.5, 0.6) is 0 Å².